The van der Waals surface area contributed by atoms with Gasteiger partial charge in [-0.05, 0) is 31.9 Å². The van der Waals surface area contributed by atoms with Gasteiger partial charge in [0.05, 0.1) is 0 Å². The third-order valence-corrected chi connectivity index (χ3v) is 6.90. The van der Waals surface area contributed by atoms with Crippen molar-refractivity contribution in [3.8, 4) is 0 Å². The van der Waals surface area contributed by atoms with E-state index >= 15 is 0 Å². The average molecular weight is 343 g/mol. The molecule has 1 aromatic heterocycles. The minimum absolute atomic E-state index is 0.102. The highest BCUT2D eigenvalue weighted by Gasteiger charge is 2.45. The van der Waals surface area contributed by atoms with Crippen LogP contribution < -0.4 is 0 Å². The highest BCUT2D eigenvalue weighted by molar-refractivity contribution is 7.91. The van der Waals surface area contributed by atoms with E-state index in [4.69, 9.17) is 5.11 Å². The van der Waals surface area contributed by atoms with E-state index in [1.165, 1.54) is 0 Å². The predicted octanol–water partition coefficient (Wildman–Crippen LogP) is 2.39. The second-order valence-electron chi connectivity index (χ2n) is 4.73. The van der Waals surface area contributed by atoms with Gasteiger partial charge in [-0.25, -0.2) is 8.42 Å². The van der Waals surface area contributed by atoms with Crippen molar-refractivity contribution in [1.29, 1.82) is 0 Å². The highest BCUT2D eigenvalue weighted by atomic mass is 32.2. The molecular formula is C11H12F3NO4S2. The fraction of sp³-hybridized carbons (Fsp3) is 0.545. The van der Waals surface area contributed by atoms with E-state index < -0.39 is 43.3 Å². The Labute approximate surface area is 123 Å². The van der Waals surface area contributed by atoms with Gasteiger partial charge < -0.3 is 5.11 Å². The largest absolute Gasteiger partial charge is 0.480 e. The summed E-state index contributed by atoms with van der Waals surface area (Å²) in [6.07, 6.45) is -4.12. The predicted molar refractivity (Wildman–Crippen MR) is 68.5 cm³/mol. The molecule has 0 aliphatic carbocycles. The molecule has 2 atom stereocenters. The van der Waals surface area contributed by atoms with Crippen molar-refractivity contribution in [3.05, 3.63) is 17.0 Å². The third kappa shape index (κ3) is 2.92. The van der Waals surface area contributed by atoms with Gasteiger partial charge in [-0.3, -0.25) is 4.79 Å². The first kappa shape index (κ1) is 16.2. The van der Waals surface area contributed by atoms with E-state index in [0.29, 0.717) is 12.5 Å². The Bertz CT molecular complexity index is 653. The number of carboxylic acid groups (broad SMARTS) is 1. The van der Waals surface area contributed by atoms with Crippen LogP contribution in [-0.2, 0) is 21.0 Å². The van der Waals surface area contributed by atoms with Crippen LogP contribution >= 0.6 is 11.3 Å². The molecule has 0 amide bonds. The molecule has 0 spiro atoms. The van der Waals surface area contributed by atoms with Gasteiger partial charge in [0.15, 0.2) is 0 Å². The summed E-state index contributed by atoms with van der Waals surface area (Å²) >= 11 is 0.102. The first-order valence-electron chi connectivity index (χ1n) is 5.98. The number of hydrogen-bond donors (Lipinski definition) is 1. The fourth-order valence-electron chi connectivity index (χ4n) is 2.31. The molecular weight excluding hydrogens is 331 g/mol. The molecule has 0 saturated carbocycles. The lowest BCUT2D eigenvalue weighted by Crippen LogP contribution is -2.43. The van der Waals surface area contributed by atoms with Crippen molar-refractivity contribution >= 4 is 27.3 Å². The van der Waals surface area contributed by atoms with E-state index in [2.05, 4.69) is 0 Å². The summed E-state index contributed by atoms with van der Waals surface area (Å²) in [6.45, 7) is 1.54. The van der Waals surface area contributed by atoms with Crippen molar-refractivity contribution in [2.45, 2.75) is 42.2 Å². The maximum atomic E-state index is 12.6. The Morgan fingerprint density at radius 1 is 1.38 bits per heavy atom. The zero-order valence-corrected chi connectivity index (χ0v) is 12.4. The van der Waals surface area contributed by atoms with Gasteiger partial charge in [0.2, 0.25) is 0 Å². The maximum absolute atomic E-state index is 12.6. The lowest BCUT2D eigenvalue weighted by molar-refractivity contribution is -0.141. The van der Waals surface area contributed by atoms with Crippen LogP contribution in [0.4, 0.5) is 13.2 Å². The average Bonchev–Trinajstić information content (AvgIpc) is 2.93. The van der Waals surface area contributed by atoms with Crippen LogP contribution in [0.1, 0.15) is 24.6 Å². The summed E-state index contributed by atoms with van der Waals surface area (Å²) in [5.74, 6) is -1.30. The molecule has 0 bridgehead atoms. The fourth-order valence-corrected chi connectivity index (χ4v) is 5.42. The number of rotatable bonds is 3. The molecule has 2 rings (SSSR count). The van der Waals surface area contributed by atoms with Gasteiger partial charge in [-0.15, -0.1) is 11.3 Å². The van der Waals surface area contributed by atoms with Crippen LogP contribution in [0.2, 0.25) is 0 Å². The molecule has 10 heteroatoms. The molecule has 1 saturated heterocycles. The molecule has 5 nitrogen and oxygen atoms in total. The normalized spacial score (nSPS) is 24.4. The van der Waals surface area contributed by atoms with Crippen molar-refractivity contribution in [2.75, 3.05) is 0 Å². The minimum Gasteiger partial charge on any atom is -0.480 e. The molecule has 1 aliphatic rings. The molecule has 0 radical (unpaired) electrons. The molecule has 0 unspecified atom stereocenters. The van der Waals surface area contributed by atoms with E-state index in [0.717, 1.165) is 10.4 Å². The number of carbonyl (C=O) groups is 1. The van der Waals surface area contributed by atoms with E-state index in [1.54, 1.807) is 6.92 Å². The molecule has 1 aromatic rings. The van der Waals surface area contributed by atoms with Gasteiger partial charge in [0.25, 0.3) is 10.0 Å². The zero-order valence-electron chi connectivity index (χ0n) is 10.8. The minimum atomic E-state index is -4.62. The van der Waals surface area contributed by atoms with Crippen LogP contribution in [-0.4, -0.2) is 35.9 Å². The molecule has 2 heterocycles. The Morgan fingerprint density at radius 3 is 2.48 bits per heavy atom. The van der Waals surface area contributed by atoms with Crippen molar-refractivity contribution < 1.29 is 31.5 Å². The van der Waals surface area contributed by atoms with Crippen LogP contribution in [0.25, 0.3) is 0 Å². The summed E-state index contributed by atoms with van der Waals surface area (Å²) < 4.78 is 62.8. The van der Waals surface area contributed by atoms with E-state index in [1.807, 2.05) is 0 Å². The van der Waals surface area contributed by atoms with Crippen molar-refractivity contribution in [2.24, 2.45) is 0 Å². The number of hydrogen-bond acceptors (Lipinski definition) is 4. The Hall–Kier alpha value is -1.13. The van der Waals surface area contributed by atoms with Crippen molar-refractivity contribution in [1.82, 2.24) is 4.31 Å². The molecule has 0 aromatic carbocycles. The van der Waals surface area contributed by atoms with Gasteiger partial charge >= 0.3 is 12.1 Å². The number of nitrogens with zero attached hydrogens (tertiary/aromatic N) is 1. The molecule has 1 aliphatic heterocycles. The van der Waals surface area contributed by atoms with Crippen LogP contribution in [0.15, 0.2) is 16.3 Å². The Morgan fingerprint density at radius 2 is 2.00 bits per heavy atom. The van der Waals surface area contributed by atoms with Crippen LogP contribution in [0.5, 0.6) is 0 Å². The number of thiophene rings is 1. The smallest absolute Gasteiger partial charge is 0.425 e. The quantitative estimate of drug-likeness (QED) is 0.914. The van der Waals surface area contributed by atoms with Crippen LogP contribution in [0.3, 0.4) is 0 Å². The highest BCUT2D eigenvalue weighted by Crippen LogP contribution is 2.39. The number of carboxylic acids is 1. The third-order valence-electron chi connectivity index (χ3n) is 3.28. The van der Waals surface area contributed by atoms with Gasteiger partial charge in [-0.1, -0.05) is 0 Å². The molecule has 1 N–H and O–H groups in total. The second-order valence-corrected chi connectivity index (χ2v) is 7.89. The van der Waals surface area contributed by atoms with E-state index in [-0.39, 0.29) is 17.8 Å². The van der Waals surface area contributed by atoms with Gasteiger partial charge in [0, 0.05) is 6.04 Å². The first-order chi connectivity index (χ1) is 9.55. The lowest BCUT2D eigenvalue weighted by Gasteiger charge is -2.24. The summed E-state index contributed by atoms with van der Waals surface area (Å²) in [5.41, 5.74) is 0. The number of halogens is 3. The Balaban J connectivity index is 2.42. The lowest BCUT2D eigenvalue weighted by atomic mass is 10.2. The number of alkyl halides is 3. The molecule has 118 valence electrons. The Kier molecular flexibility index (Phi) is 4.06. The first-order valence-corrected chi connectivity index (χ1v) is 8.24. The van der Waals surface area contributed by atoms with Crippen molar-refractivity contribution in [3.63, 3.8) is 0 Å². The second kappa shape index (κ2) is 5.25. The van der Waals surface area contributed by atoms with E-state index in [9.17, 15) is 26.4 Å². The summed E-state index contributed by atoms with van der Waals surface area (Å²) in [4.78, 5) is 10.1. The number of aliphatic carboxylic acids is 1. The maximum Gasteiger partial charge on any atom is 0.425 e. The SMILES string of the molecule is C[C@H]1CC[C@@H](C(=O)O)N1S(=O)(=O)c1ccc(C(F)(F)F)s1. The zero-order chi connectivity index (χ0) is 16.0. The van der Waals surface area contributed by atoms with Gasteiger partial charge in [0.1, 0.15) is 15.1 Å². The monoisotopic (exact) mass is 343 g/mol. The summed E-state index contributed by atoms with van der Waals surface area (Å²) in [7, 11) is -4.25. The standard InChI is InChI=1S/C11H12F3NO4S2/c1-6-2-3-7(10(16)17)15(6)21(18,19)9-5-4-8(20-9)11(12,13)14/h4-7H,2-3H2,1H3,(H,16,17)/t6-,7-/m0/s1. The molecule has 21 heavy (non-hydrogen) atoms. The van der Waals surface area contributed by atoms with Crippen LogP contribution in [0, 0.1) is 0 Å². The summed E-state index contributed by atoms with van der Waals surface area (Å²) in [5, 5.41) is 9.06. The summed E-state index contributed by atoms with van der Waals surface area (Å²) in [6, 6.07) is -0.241. The molecule has 1 fully saturated rings. The topological polar surface area (TPSA) is 74.7 Å². The number of sulfonamides is 1. The van der Waals surface area contributed by atoms with Gasteiger partial charge in [-0.2, -0.15) is 17.5 Å².